The van der Waals surface area contributed by atoms with E-state index in [2.05, 4.69) is 5.32 Å². The highest BCUT2D eigenvalue weighted by atomic mass is 16.2. The Labute approximate surface area is 114 Å². The Morgan fingerprint density at radius 2 is 1.89 bits per heavy atom. The van der Waals surface area contributed by atoms with Crippen molar-refractivity contribution in [2.45, 2.75) is 69.9 Å². The summed E-state index contributed by atoms with van der Waals surface area (Å²) in [5.41, 5.74) is 0. The Hall–Kier alpha value is -1.06. The molecule has 0 radical (unpaired) electrons. The fourth-order valence-corrected chi connectivity index (χ4v) is 3.51. The van der Waals surface area contributed by atoms with E-state index in [9.17, 15) is 9.59 Å². The number of hydrogen-bond acceptors (Lipinski definition) is 2. The Balaban J connectivity index is 1.43. The third kappa shape index (κ3) is 3.28. The van der Waals surface area contributed by atoms with Gasteiger partial charge in [0.2, 0.25) is 11.8 Å². The average molecular weight is 264 g/mol. The molecule has 1 atom stereocenters. The van der Waals surface area contributed by atoms with Gasteiger partial charge in [-0.15, -0.1) is 0 Å². The molecule has 3 aliphatic rings. The van der Waals surface area contributed by atoms with Gasteiger partial charge >= 0.3 is 0 Å². The van der Waals surface area contributed by atoms with Crippen LogP contribution in [0, 0.1) is 5.92 Å². The highest BCUT2D eigenvalue weighted by Gasteiger charge is 2.39. The fourth-order valence-electron chi connectivity index (χ4n) is 3.51. The van der Waals surface area contributed by atoms with E-state index >= 15 is 0 Å². The van der Waals surface area contributed by atoms with Crippen molar-refractivity contribution in [1.29, 1.82) is 0 Å². The average Bonchev–Trinajstić information content (AvgIpc) is 3.15. The van der Waals surface area contributed by atoms with Crippen LogP contribution in [-0.2, 0) is 9.59 Å². The summed E-state index contributed by atoms with van der Waals surface area (Å²) in [5, 5.41) is 3.07. The van der Waals surface area contributed by atoms with E-state index < -0.39 is 0 Å². The molecule has 0 bridgehead atoms. The van der Waals surface area contributed by atoms with E-state index in [1.54, 1.807) is 0 Å². The molecule has 0 aromatic heterocycles. The zero-order valence-electron chi connectivity index (χ0n) is 11.6. The van der Waals surface area contributed by atoms with E-state index in [0.29, 0.717) is 24.8 Å². The molecular weight excluding hydrogens is 240 g/mol. The number of rotatable bonds is 4. The summed E-state index contributed by atoms with van der Waals surface area (Å²) in [7, 11) is 0. The first-order valence-corrected chi connectivity index (χ1v) is 7.81. The van der Waals surface area contributed by atoms with Crippen LogP contribution in [0.3, 0.4) is 0 Å². The van der Waals surface area contributed by atoms with Crippen LogP contribution in [-0.4, -0.2) is 35.3 Å². The molecule has 3 rings (SSSR count). The molecule has 0 unspecified atom stereocenters. The summed E-state index contributed by atoms with van der Waals surface area (Å²) in [6.07, 6.45) is 9.73. The highest BCUT2D eigenvalue weighted by Crippen LogP contribution is 2.31. The molecule has 0 spiro atoms. The van der Waals surface area contributed by atoms with Gasteiger partial charge in [0.1, 0.15) is 0 Å². The molecule has 1 heterocycles. The highest BCUT2D eigenvalue weighted by molar-refractivity contribution is 5.82. The maximum Gasteiger partial charge on any atom is 0.225 e. The summed E-state index contributed by atoms with van der Waals surface area (Å²) in [6.45, 7) is 0.736. The lowest BCUT2D eigenvalue weighted by molar-refractivity contribution is -0.128. The standard InChI is InChI=1S/C15H24N2O2/c18-14(8-11-4-2-1-3-5-11)16-12-9-15(19)17(10-12)13-6-7-13/h11-13H,1-10H2,(H,16,18)/t12-/m1/s1. The predicted octanol–water partition coefficient (Wildman–Crippen LogP) is 1.84. The third-order valence-corrected chi connectivity index (χ3v) is 4.71. The van der Waals surface area contributed by atoms with Crippen molar-refractivity contribution in [3.05, 3.63) is 0 Å². The lowest BCUT2D eigenvalue weighted by Gasteiger charge is -2.22. The van der Waals surface area contributed by atoms with Gasteiger partial charge in [0.05, 0.1) is 6.04 Å². The van der Waals surface area contributed by atoms with Crippen LogP contribution in [0.2, 0.25) is 0 Å². The molecule has 0 aromatic carbocycles. The number of nitrogens with one attached hydrogen (secondary N) is 1. The summed E-state index contributed by atoms with van der Waals surface area (Å²) in [6, 6.07) is 0.539. The normalized spacial score (nSPS) is 28.7. The van der Waals surface area contributed by atoms with Gasteiger partial charge in [-0.25, -0.2) is 0 Å². The predicted molar refractivity (Wildman–Crippen MR) is 72.5 cm³/mol. The first kappa shape index (κ1) is 12.9. The Bertz CT molecular complexity index is 359. The van der Waals surface area contributed by atoms with Crippen molar-refractivity contribution >= 4 is 11.8 Å². The summed E-state index contributed by atoms with van der Waals surface area (Å²) >= 11 is 0. The molecule has 106 valence electrons. The molecule has 1 aliphatic heterocycles. The third-order valence-electron chi connectivity index (χ3n) is 4.71. The molecule has 3 fully saturated rings. The maximum atomic E-state index is 12.0. The smallest absolute Gasteiger partial charge is 0.225 e. The monoisotopic (exact) mass is 264 g/mol. The Morgan fingerprint density at radius 3 is 2.58 bits per heavy atom. The minimum Gasteiger partial charge on any atom is -0.351 e. The first-order valence-electron chi connectivity index (χ1n) is 7.81. The number of hydrogen-bond donors (Lipinski definition) is 1. The topological polar surface area (TPSA) is 49.4 Å². The summed E-state index contributed by atoms with van der Waals surface area (Å²) < 4.78 is 0. The van der Waals surface area contributed by atoms with E-state index in [1.807, 2.05) is 4.90 Å². The molecule has 2 amide bonds. The molecule has 0 aromatic rings. The van der Waals surface area contributed by atoms with Gasteiger partial charge in [-0.3, -0.25) is 9.59 Å². The second-order valence-corrected chi connectivity index (χ2v) is 6.45. The first-order chi connectivity index (χ1) is 9.22. The number of likely N-dealkylation sites (tertiary alicyclic amines) is 1. The minimum absolute atomic E-state index is 0.0594. The van der Waals surface area contributed by atoms with Gasteiger partial charge in [-0.1, -0.05) is 19.3 Å². The summed E-state index contributed by atoms with van der Waals surface area (Å²) in [5.74, 6) is 0.957. The fraction of sp³-hybridized carbons (Fsp3) is 0.867. The molecular formula is C15H24N2O2. The molecule has 4 heteroatoms. The van der Waals surface area contributed by atoms with E-state index in [0.717, 1.165) is 19.4 Å². The van der Waals surface area contributed by atoms with Crippen LogP contribution in [0.1, 0.15) is 57.8 Å². The van der Waals surface area contributed by atoms with Crippen molar-refractivity contribution in [2.75, 3.05) is 6.54 Å². The van der Waals surface area contributed by atoms with E-state index in [1.165, 1.54) is 32.1 Å². The van der Waals surface area contributed by atoms with Crippen LogP contribution < -0.4 is 5.32 Å². The van der Waals surface area contributed by atoms with Crippen molar-refractivity contribution in [3.8, 4) is 0 Å². The largest absolute Gasteiger partial charge is 0.351 e. The van der Waals surface area contributed by atoms with Crippen molar-refractivity contribution in [3.63, 3.8) is 0 Å². The lowest BCUT2D eigenvalue weighted by Crippen LogP contribution is -2.38. The van der Waals surface area contributed by atoms with E-state index in [4.69, 9.17) is 0 Å². The van der Waals surface area contributed by atoms with Gasteiger partial charge in [0.15, 0.2) is 0 Å². The SMILES string of the molecule is O=C(CC1CCCCC1)N[C@@H]1CC(=O)N(C2CC2)C1. The van der Waals surface area contributed by atoms with Crippen LogP contribution in [0.15, 0.2) is 0 Å². The zero-order valence-corrected chi connectivity index (χ0v) is 11.6. The Kier molecular flexibility index (Phi) is 3.76. The maximum absolute atomic E-state index is 12.0. The summed E-state index contributed by atoms with van der Waals surface area (Å²) in [4.78, 5) is 25.8. The molecule has 4 nitrogen and oxygen atoms in total. The molecule has 1 N–H and O–H groups in total. The van der Waals surface area contributed by atoms with Gasteiger partial charge in [0, 0.05) is 25.4 Å². The lowest BCUT2D eigenvalue weighted by atomic mass is 9.87. The van der Waals surface area contributed by atoms with Gasteiger partial charge in [-0.2, -0.15) is 0 Å². The number of nitrogens with zero attached hydrogens (tertiary/aromatic N) is 1. The Morgan fingerprint density at radius 1 is 1.16 bits per heavy atom. The van der Waals surface area contributed by atoms with Crippen LogP contribution in [0.25, 0.3) is 0 Å². The van der Waals surface area contributed by atoms with Gasteiger partial charge in [-0.05, 0) is 31.6 Å². The van der Waals surface area contributed by atoms with Crippen molar-refractivity contribution in [2.24, 2.45) is 5.92 Å². The molecule has 2 aliphatic carbocycles. The second-order valence-electron chi connectivity index (χ2n) is 6.45. The van der Waals surface area contributed by atoms with Gasteiger partial charge in [0.25, 0.3) is 0 Å². The van der Waals surface area contributed by atoms with Crippen LogP contribution in [0.5, 0.6) is 0 Å². The number of amides is 2. The molecule has 19 heavy (non-hydrogen) atoms. The van der Waals surface area contributed by atoms with E-state index in [-0.39, 0.29) is 17.9 Å². The van der Waals surface area contributed by atoms with Crippen molar-refractivity contribution in [1.82, 2.24) is 10.2 Å². The quantitative estimate of drug-likeness (QED) is 0.842. The molecule has 1 saturated heterocycles. The van der Waals surface area contributed by atoms with Gasteiger partial charge < -0.3 is 10.2 Å². The van der Waals surface area contributed by atoms with Crippen molar-refractivity contribution < 1.29 is 9.59 Å². The minimum atomic E-state index is 0.0594. The van der Waals surface area contributed by atoms with Crippen LogP contribution >= 0.6 is 0 Å². The second kappa shape index (κ2) is 5.51. The van der Waals surface area contributed by atoms with Crippen LogP contribution in [0.4, 0.5) is 0 Å². The molecule has 2 saturated carbocycles. The zero-order chi connectivity index (χ0) is 13.2. The number of carbonyl (C=O) groups is 2. The number of carbonyl (C=O) groups excluding carboxylic acids is 2.